The number of aromatic nitrogens is 1. The van der Waals surface area contributed by atoms with E-state index in [4.69, 9.17) is 4.74 Å². The molecule has 0 saturated carbocycles. The van der Waals surface area contributed by atoms with Crippen LogP contribution in [0.25, 0.3) is 10.9 Å². The number of nitrogens with one attached hydrogen (secondary N) is 1. The lowest BCUT2D eigenvalue weighted by molar-refractivity contribution is -0.125. The molecule has 0 bridgehead atoms. The van der Waals surface area contributed by atoms with Crippen LogP contribution < -0.4 is 5.32 Å². The average molecular weight is 328 g/mol. The third-order valence-corrected chi connectivity index (χ3v) is 4.00. The van der Waals surface area contributed by atoms with Gasteiger partial charge in [0.05, 0.1) is 11.1 Å². The Balaban J connectivity index is 2.14. The number of aryl methyl sites for hydroxylation is 2. The largest absolute Gasteiger partial charge is 0.452 e. The first-order valence-corrected chi connectivity index (χ1v) is 8.29. The van der Waals surface area contributed by atoms with Gasteiger partial charge in [0.1, 0.15) is 0 Å². The first-order valence-electron chi connectivity index (χ1n) is 8.29. The Hall–Kier alpha value is -2.43. The predicted molar refractivity (Wildman–Crippen MR) is 94.0 cm³/mol. The number of hydrogen-bond donors (Lipinski definition) is 1. The molecule has 2 aromatic rings. The van der Waals surface area contributed by atoms with E-state index in [0.717, 1.165) is 35.0 Å². The maximum atomic E-state index is 12.4. The molecule has 0 radical (unpaired) electrons. The molecular weight excluding hydrogens is 304 g/mol. The van der Waals surface area contributed by atoms with Gasteiger partial charge in [-0.1, -0.05) is 25.5 Å². The topological polar surface area (TPSA) is 68.3 Å². The third kappa shape index (κ3) is 4.31. The average Bonchev–Trinajstić information content (AvgIpc) is 2.57. The Labute approximate surface area is 142 Å². The van der Waals surface area contributed by atoms with Crippen LogP contribution in [0.4, 0.5) is 0 Å². The van der Waals surface area contributed by atoms with E-state index in [1.165, 1.54) is 0 Å². The van der Waals surface area contributed by atoms with Crippen molar-refractivity contribution in [2.24, 2.45) is 0 Å². The lowest BCUT2D eigenvalue weighted by Crippen LogP contribution is -2.36. The molecule has 1 aromatic carbocycles. The van der Waals surface area contributed by atoms with Gasteiger partial charge in [0.25, 0.3) is 5.91 Å². The first kappa shape index (κ1) is 17.9. The summed E-state index contributed by atoms with van der Waals surface area (Å²) < 4.78 is 5.20. The zero-order chi connectivity index (χ0) is 17.7. The Kier molecular flexibility index (Phi) is 5.90. The molecule has 1 amide bonds. The van der Waals surface area contributed by atoms with Crippen molar-refractivity contribution < 1.29 is 14.3 Å². The van der Waals surface area contributed by atoms with Crippen LogP contribution in [0.2, 0.25) is 0 Å². The van der Waals surface area contributed by atoms with Crippen molar-refractivity contribution in [2.75, 3.05) is 6.61 Å². The summed E-state index contributed by atoms with van der Waals surface area (Å²) in [7, 11) is 0. The minimum absolute atomic E-state index is 0.114. The van der Waals surface area contributed by atoms with Gasteiger partial charge in [0.2, 0.25) is 0 Å². The van der Waals surface area contributed by atoms with Gasteiger partial charge in [0, 0.05) is 17.1 Å². The van der Waals surface area contributed by atoms with Crippen LogP contribution in [-0.2, 0) is 9.53 Å². The van der Waals surface area contributed by atoms with Crippen LogP contribution in [-0.4, -0.2) is 29.5 Å². The summed E-state index contributed by atoms with van der Waals surface area (Å²) in [6.45, 7) is 7.53. The maximum absolute atomic E-state index is 12.4. The molecule has 128 valence electrons. The van der Waals surface area contributed by atoms with Crippen molar-refractivity contribution >= 4 is 22.8 Å². The third-order valence-electron chi connectivity index (χ3n) is 4.00. The molecule has 24 heavy (non-hydrogen) atoms. The van der Waals surface area contributed by atoms with Crippen molar-refractivity contribution in [1.29, 1.82) is 0 Å². The second kappa shape index (κ2) is 7.90. The molecule has 0 aliphatic heterocycles. The normalized spacial score (nSPS) is 10.9. The van der Waals surface area contributed by atoms with E-state index in [0.29, 0.717) is 5.56 Å². The van der Waals surface area contributed by atoms with Crippen molar-refractivity contribution in [3.8, 4) is 0 Å². The Bertz CT molecular complexity index is 752. The van der Waals surface area contributed by atoms with Crippen LogP contribution in [0.1, 0.15) is 48.3 Å². The Morgan fingerprint density at radius 2 is 1.88 bits per heavy atom. The summed E-state index contributed by atoms with van der Waals surface area (Å²) in [5.41, 5.74) is 2.96. The van der Waals surface area contributed by atoms with Crippen molar-refractivity contribution in [3.05, 3.63) is 41.1 Å². The van der Waals surface area contributed by atoms with Crippen LogP contribution >= 0.6 is 0 Å². The molecule has 0 atom stereocenters. The quantitative estimate of drug-likeness (QED) is 0.826. The Morgan fingerprint density at radius 3 is 2.54 bits per heavy atom. The zero-order valence-corrected chi connectivity index (χ0v) is 14.7. The number of nitrogens with zero attached hydrogens (tertiary/aromatic N) is 1. The maximum Gasteiger partial charge on any atom is 0.339 e. The summed E-state index contributed by atoms with van der Waals surface area (Å²) in [6, 6.07) is 7.55. The van der Waals surface area contributed by atoms with Crippen molar-refractivity contribution in [2.45, 2.75) is 46.6 Å². The SMILES string of the molecule is CCC(CC)NC(=O)COC(=O)c1cc(C)nc2ccc(C)cc12. The molecule has 5 nitrogen and oxygen atoms in total. The first-order chi connectivity index (χ1) is 11.4. The molecule has 0 spiro atoms. The highest BCUT2D eigenvalue weighted by molar-refractivity contribution is 6.04. The zero-order valence-electron chi connectivity index (χ0n) is 14.7. The number of carbonyl (C=O) groups is 2. The summed E-state index contributed by atoms with van der Waals surface area (Å²) in [4.78, 5) is 28.7. The van der Waals surface area contributed by atoms with E-state index in [2.05, 4.69) is 10.3 Å². The highest BCUT2D eigenvalue weighted by atomic mass is 16.5. The van der Waals surface area contributed by atoms with E-state index < -0.39 is 5.97 Å². The Morgan fingerprint density at radius 1 is 1.17 bits per heavy atom. The molecule has 0 aliphatic rings. The van der Waals surface area contributed by atoms with Gasteiger partial charge in [-0.3, -0.25) is 9.78 Å². The fourth-order valence-corrected chi connectivity index (χ4v) is 2.61. The van der Waals surface area contributed by atoms with E-state index in [1.807, 2.05) is 45.9 Å². The fourth-order valence-electron chi connectivity index (χ4n) is 2.61. The number of ether oxygens (including phenoxy) is 1. The van der Waals surface area contributed by atoms with Gasteiger partial charge >= 0.3 is 5.97 Å². The van der Waals surface area contributed by atoms with Crippen molar-refractivity contribution in [1.82, 2.24) is 10.3 Å². The molecule has 5 heteroatoms. The number of rotatable bonds is 6. The van der Waals surface area contributed by atoms with Gasteiger partial charge in [-0.05, 0) is 44.9 Å². The van der Waals surface area contributed by atoms with Gasteiger partial charge in [-0.25, -0.2) is 4.79 Å². The van der Waals surface area contributed by atoms with Crippen molar-refractivity contribution in [3.63, 3.8) is 0 Å². The van der Waals surface area contributed by atoms with Crippen LogP contribution in [0, 0.1) is 13.8 Å². The molecule has 0 saturated heterocycles. The van der Waals surface area contributed by atoms with Crippen LogP contribution in [0.15, 0.2) is 24.3 Å². The lowest BCUT2D eigenvalue weighted by atomic mass is 10.1. The summed E-state index contributed by atoms with van der Waals surface area (Å²) in [6.07, 6.45) is 1.70. The van der Waals surface area contributed by atoms with Crippen LogP contribution in [0.5, 0.6) is 0 Å². The standard InChI is InChI=1S/C19H24N2O3/c1-5-14(6-2)21-18(22)11-24-19(23)16-10-13(4)20-17-8-7-12(3)9-15(16)17/h7-10,14H,5-6,11H2,1-4H3,(H,21,22). The molecule has 0 fully saturated rings. The number of fused-ring (bicyclic) bond motifs is 1. The van der Waals surface area contributed by atoms with E-state index in [1.54, 1.807) is 6.07 Å². The highest BCUT2D eigenvalue weighted by Gasteiger charge is 2.16. The number of esters is 1. The molecule has 1 aromatic heterocycles. The van der Waals surface area contributed by atoms with Gasteiger partial charge in [-0.2, -0.15) is 0 Å². The van der Waals surface area contributed by atoms with E-state index in [-0.39, 0.29) is 18.6 Å². The van der Waals surface area contributed by atoms with Crippen LogP contribution in [0.3, 0.4) is 0 Å². The minimum atomic E-state index is -0.504. The molecule has 1 N–H and O–H groups in total. The second-order valence-electron chi connectivity index (χ2n) is 5.99. The molecule has 2 rings (SSSR count). The smallest absolute Gasteiger partial charge is 0.339 e. The fraction of sp³-hybridized carbons (Fsp3) is 0.421. The number of pyridine rings is 1. The summed E-state index contributed by atoms with van der Waals surface area (Å²) in [5.74, 6) is -0.779. The van der Waals surface area contributed by atoms with Gasteiger partial charge in [0.15, 0.2) is 6.61 Å². The predicted octanol–water partition coefficient (Wildman–Crippen LogP) is 3.31. The van der Waals surface area contributed by atoms with Gasteiger partial charge < -0.3 is 10.1 Å². The number of amides is 1. The minimum Gasteiger partial charge on any atom is -0.452 e. The van der Waals surface area contributed by atoms with E-state index in [9.17, 15) is 9.59 Å². The second-order valence-corrected chi connectivity index (χ2v) is 5.99. The summed E-state index contributed by atoms with van der Waals surface area (Å²) >= 11 is 0. The number of carbonyl (C=O) groups excluding carboxylic acids is 2. The highest BCUT2D eigenvalue weighted by Crippen LogP contribution is 2.20. The lowest BCUT2D eigenvalue weighted by Gasteiger charge is -2.15. The van der Waals surface area contributed by atoms with Gasteiger partial charge in [-0.15, -0.1) is 0 Å². The molecule has 0 aliphatic carbocycles. The van der Waals surface area contributed by atoms with E-state index >= 15 is 0 Å². The number of hydrogen-bond acceptors (Lipinski definition) is 4. The molecular formula is C19H24N2O3. The summed E-state index contributed by atoms with van der Waals surface area (Å²) in [5, 5.41) is 3.59. The molecule has 1 heterocycles. The number of benzene rings is 1. The monoisotopic (exact) mass is 328 g/mol. The molecule has 0 unspecified atom stereocenters.